The van der Waals surface area contributed by atoms with Crippen LogP contribution >= 0.6 is 0 Å². The lowest BCUT2D eigenvalue weighted by atomic mass is 9.87. The predicted molar refractivity (Wildman–Crippen MR) is 95.7 cm³/mol. The number of rotatable bonds is 0. The number of hydrogen-bond acceptors (Lipinski definition) is 1. The average Bonchev–Trinajstić information content (AvgIpc) is 2.61. The summed E-state index contributed by atoms with van der Waals surface area (Å²) in [5, 5.41) is 7.76. The van der Waals surface area contributed by atoms with Crippen LogP contribution in [0.2, 0.25) is 0 Å². The molecule has 0 amide bonds. The highest BCUT2D eigenvalue weighted by atomic mass is 16.5. The summed E-state index contributed by atoms with van der Waals surface area (Å²) in [4.78, 5) is 0. The fourth-order valence-corrected chi connectivity index (χ4v) is 4.01. The first-order chi connectivity index (χ1) is 11.4. The van der Waals surface area contributed by atoms with Gasteiger partial charge in [-0.1, -0.05) is 54.6 Å². The van der Waals surface area contributed by atoms with Gasteiger partial charge in [0.05, 0.1) is 0 Å². The van der Waals surface area contributed by atoms with Crippen molar-refractivity contribution in [1.82, 2.24) is 0 Å². The molecule has 0 atom stereocenters. The third-order valence-corrected chi connectivity index (χ3v) is 4.99. The third kappa shape index (κ3) is 1.33. The Kier molecular flexibility index (Phi) is 1.91. The Bertz CT molecular complexity index is 1230. The van der Waals surface area contributed by atoms with Gasteiger partial charge in [-0.05, 0) is 45.3 Å². The summed E-state index contributed by atoms with van der Waals surface area (Å²) < 4.78 is 6.19. The van der Waals surface area contributed by atoms with Crippen LogP contribution in [-0.4, -0.2) is 0 Å². The number of para-hydroxylation sites is 1. The molecule has 5 aromatic carbocycles. The molecule has 0 bridgehead atoms. The lowest BCUT2D eigenvalue weighted by Gasteiger charge is -2.23. The van der Waals surface area contributed by atoms with E-state index in [1.54, 1.807) is 0 Å². The van der Waals surface area contributed by atoms with Gasteiger partial charge in [-0.3, -0.25) is 0 Å². The zero-order valence-electron chi connectivity index (χ0n) is 12.3. The zero-order chi connectivity index (χ0) is 15.0. The monoisotopic (exact) mass is 292 g/mol. The van der Waals surface area contributed by atoms with Gasteiger partial charge in [-0.25, -0.2) is 0 Å². The van der Waals surface area contributed by atoms with E-state index in [1.165, 1.54) is 43.4 Å². The molecule has 106 valence electrons. The van der Waals surface area contributed by atoms with E-state index in [0.717, 1.165) is 11.5 Å². The molecule has 6 rings (SSSR count). The molecule has 0 N–H and O–H groups in total. The lowest BCUT2D eigenvalue weighted by molar-refractivity contribution is 0.487. The topological polar surface area (TPSA) is 9.23 Å². The second kappa shape index (κ2) is 3.82. The van der Waals surface area contributed by atoms with E-state index < -0.39 is 0 Å². The largest absolute Gasteiger partial charge is 0.456 e. The minimum Gasteiger partial charge on any atom is -0.456 e. The van der Waals surface area contributed by atoms with E-state index >= 15 is 0 Å². The summed E-state index contributed by atoms with van der Waals surface area (Å²) in [5.41, 5.74) is 2.46. The molecule has 1 heterocycles. The van der Waals surface area contributed by atoms with Crippen LogP contribution in [-0.2, 0) is 0 Å². The van der Waals surface area contributed by atoms with Gasteiger partial charge in [0.25, 0.3) is 0 Å². The minimum absolute atomic E-state index is 0.942. The van der Waals surface area contributed by atoms with Gasteiger partial charge in [-0.15, -0.1) is 0 Å². The maximum atomic E-state index is 6.19. The summed E-state index contributed by atoms with van der Waals surface area (Å²) in [7, 11) is 0. The Hall–Kier alpha value is -3.06. The predicted octanol–water partition coefficient (Wildman–Crippen LogP) is 6.36. The van der Waals surface area contributed by atoms with Crippen LogP contribution < -0.4 is 4.74 Å². The fourth-order valence-electron chi connectivity index (χ4n) is 4.01. The first-order valence-electron chi connectivity index (χ1n) is 7.88. The molecule has 0 aromatic heterocycles. The van der Waals surface area contributed by atoms with E-state index in [1.807, 2.05) is 12.1 Å². The second-order valence-corrected chi connectivity index (χ2v) is 6.20. The fraction of sp³-hybridized carbons (Fsp3) is 0. The summed E-state index contributed by atoms with van der Waals surface area (Å²) in [5.74, 6) is 1.90. The lowest BCUT2D eigenvalue weighted by Crippen LogP contribution is -1.98. The molecule has 0 aliphatic carbocycles. The number of hydrogen-bond donors (Lipinski definition) is 0. The van der Waals surface area contributed by atoms with Crippen molar-refractivity contribution in [3.8, 4) is 22.6 Å². The normalized spacial score (nSPS) is 12.7. The first kappa shape index (κ1) is 11.5. The molecule has 1 heteroatoms. The highest BCUT2D eigenvalue weighted by Crippen LogP contribution is 2.50. The molecule has 1 aliphatic heterocycles. The van der Waals surface area contributed by atoms with Crippen molar-refractivity contribution < 1.29 is 4.74 Å². The van der Waals surface area contributed by atoms with Gasteiger partial charge in [0.15, 0.2) is 0 Å². The molecule has 5 aromatic rings. The van der Waals surface area contributed by atoms with Gasteiger partial charge >= 0.3 is 0 Å². The highest BCUT2D eigenvalue weighted by Gasteiger charge is 2.22. The van der Waals surface area contributed by atoms with Crippen molar-refractivity contribution in [3.63, 3.8) is 0 Å². The molecule has 23 heavy (non-hydrogen) atoms. The summed E-state index contributed by atoms with van der Waals surface area (Å²) in [6, 6.07) is 25.8. The molecule has 0 spiro atoms. The highest BCUT2D eigenvalue weighted by molar-refractivity contribution is 6.28. The Morgan fingerprint density at radius 2 is 1.26 bits per heavy atom. The van der Waals surface area contributed by atoms with E-state index in [9.17, 15) is 0 Å². The van der Waals surface area contributed by atoms with Crippen LogP contribution in [0.3, 0.4) is 0 Å². The molecule has 0 radical (unpaired) electrons. The van der Waals surface area contributed by atoms with Gasteiger partial charge in [-0.2, -0.15) is 0 Å². The van der Waals surface area contributed by atoms with Gasteiger partial charge in [0, 0.05) is 16.3 Å². The van der Waals surface area contributed by atoms with Crippen LogP contribution in [0.1, 0.15) is 0 Å². The van der Waals surface area contributed by atoms with Crippen LogP contribution in [0, 0.1) is 0 Å². The maximum absolute atomic E-state index is 6.19. The molecule has 0 saturated carbocycles. The summed E-state index contributed by atoms with van der Waals surface area (Å²) in [6.45, 7) is 0. The number of ether oxygens (including phenoxy) is 1. The molecular formula is C22H12O. The third-order valence-electron chi connectivity index (χ3n) is 4.99. The number of benzene rings is 5. The van der Waals surface area contributed by atoms with Crippen LogP contribution in [0.15, 0.2) is 72.8 Å². The Morgan fingerprint density at radius 3 is 2.22 bits per heavy atom. The number of fused-ring (bicyclic) bond motifs is 2. The molecular weight excluding hydrogens is 280 g/mol. The Labute approximate surface area is 133 Å². The van der Waals surface area contributed by atoms with Crippen molar-refractivity contribution in [1.29, 1.82) is 0 Å². The SMILES string of the molecule is c1ccc2c(c1)Oc1ccc3ccc4cccc5cc-2c1c3c45. The van der Waals surface area contributed by atoms with E-state index in [2.05, 4.69) is 60.7 Å². The smallest absolute Gasteiger partial charge is 0.135 e. The van der Waals surface area contributed by atoms with Crippen molar-refractivity contribution in [3.05, 3.63) is 72.8 Å². The molecule has 1 nitrogen and oxygen atoms in total. The first-order valence-corrected chi connectivity index (χ1v) is 7.88. The van der Waals surface area contributed by atoms with Crippen molar-refractivity contribution in [2.45, 2.75) is 0 Å². The van der Waals surface area contributed by atoms with Crippen molar-refractivity contribution in [2.75, 3.05) is 0 Å². The van der Waals surface area contributed by atoms with Crippen molar-refractivity contribution >= 4 is 32.3 Å². The summed E-state index contributed by atoms with van der Waals surface area (Å²) >= 11 is 0. The average molecular weight is 292 g/mol. The van der Waals surface area contributed by atoms with Gasteiger partial charge in [0.1, 0.15) is 11.5 Å². The van der Waals surface area contributed by atoms with Gasteiger partial charge < -0.3 is 4.74 Å². The molecule has 1 aliphatic rings. The zero-order valence-corrected chi connectivity index (χ0v) is 12.3. The molecule has 0 saturated heterocycles. The molecule has 0 unspecified atom stereocenters. The van der Waals surface area contributed by atoms with Crippen LogP contribution in [0.4, 0.5) is 0 Å². The summed E-state index contributed by atoms with van der Waals surface area (Å²) in [6.07, 6.45) is 0. The van der Waals surface area contributed by atoms with Crippen LogP contribution in [0.5, 0.6) is 11.5 Å². The van der Waals surface area contributed by atoms with E-state index in [4.69, 9.17) is 4.74 Å². The Balaban J connectivity index is 1.97. The molecule has 0 fully saturated rings. The second-order valence-electron chi connectivity index (χ2n) is 6.20. The minimum atomic E-state index is 0.942. The standard InChI is InChI=1S/C22H12O/c1-2-7-18-16(6-1)17-12-15-5-3-4-13-8-9-14-10-11-19(23-18)22(17)21(14)20(13)15/h1-12H. The quantitative estimate of drug-likeness (QED) is 0.296. The maximum Gasteiger partial charge on any atom is 0.135 e. The van der Waals surface area contributed by atoms with Gasteiger partial charge in [0.2, 0.25) is 0 Å². The van der Waals surface area contributed by atoms with Crippen LogP contribution in [0.25, 0.3) is 43.4 Å². The van der Waals surface area contributed by atoms with Crippen molar-refractivity contribution in [2.24, 2.45) is 0 Å². The van der Waals surface area contributed by atoms with E-state index in [0.29, 0.717) is 0 Å². The van der Waals surface area contributed by atoms with E-state index in [-0.39, 0.29) is 0 Å². The Morgan fingerprint density at radius 1 is 0.478 bits per heavy atom.